The second-order valence-corrected chi connectivity index (χ2v) is 7.94. The van der Waals surface area contributed by atoms with Crippen LogP contribution in [0.25, 0.3) is 0 Å². The lowest BCUT2D eigenvalue weighted by molar-refractivity contribution is -0.147. The summed E-state index contributed by atoms with van der Waals surface area (Å²) in [6, 6.07) is 1.63. The molecule has 4 rings (SSSR count). The molecule has 1 aromatic carbocycles. The van der Waals surface area contributed by atoms with Gasteiger partial charge in [-0.25, -0.2) is 4.39 Å². The Labute approximate surface area is 162 Å². The van der Waals surface area contributed by atoms with Gasteiger partial charge in [0.25, 0.3) is 5.91 Å². The first-order valence-electron chi connectivity index (χ1n) is 9.58. The van der Waals surface area contributed by atoms with Crippen LogP contribution in [-0.4, -0.2) is 37.2 Å². The average Bonchev–Trinajstić information content (AvgIpc) is 3.31. The number of carbonyl (C=O) groups excluding carboxylic acids is 2. The molecule has 1 amide bonds. The number of methoxy groups -OCH3 is 2. The monoisotopic (exact) mass is 389 g/mol. The number of fused-ring (bicyclic) bond motifs is 2. The third-order valence-corrected chi connectivity index (χ3v) is 6.22. The second kappa shape index (κ2) is 7.11. The maximum Gasteiger partial charge on any atom is 0.311 e. The first-order valence-corrected chi connectivity index (χ1v) is 9.58. The Kier molecular flexibility index (Phi) is 4.77. The van der Waals surface area contributed by atoms with Crippen molar-refractivity contribution in [2.24, 2.45) is 23.7 Å². The number of hydrogen-bond acceptors (Lipinski definition) is 5. The highest BCUT2D eigenvalue weighted by Crippen LogP contribution is 2.53. The van der Waals surface area contributed by atoms with E-state index in [2.05, 4.69) is 11.4 Å². The van der Waals surface area contributed by atoms with Crippen molar-refractivity contribution in [3.05, 3.63) is 35.2 Å². The number of halogens is 1. The van der Waals surface area contributed by atoms with E-state index in [1.807, 2.05) is 0 Å². The Morgan fingerprint density at radius 2 is 2.04 bits per heavy atom. The molecule has 0 aromatic heterocycles. The van der Waals surface area contributed by atoms with Crippen LogP contribution in [0.5, 0.6) is 11.5 Å². The molecule has 2 N–H and O–H groups in total. The predicted molar refractivity (Wildman–Crippen MR) is 98.4 cm³/mol. The summed E-state index contributed by atoms with van der Waals surface area (Å²) in [6.45, 7) is 0. The number of aromatic hydroxyl groups is 1. The minimum atomic E-state index is -0.865. The van der Waals surface area contributed by atoms with Gasteiger partial charge in [0.2, 0.25) is 0 Å². The summed E-state index contributed by atoms with van der Waals surface area (Å²) in [5.74, 6) is -1.84. The fourth-order valence-electron chi connectivity index (χ4n) is 4.75. The van der Waals surface area contributed by atoms with Crippen LogP contribution in [0.2, 0.25) is 0 Å². The maximum atomic E-state index is 13.6. The molecule has 3 aliphatic carbocycles. The third kappa shape index (κ3) is 3.23. The molecule has 4 atom stereocenters. The lowest BCUT2D eigenvalue weighted by Crippen LogP contribution is -2.47. The minimum absolute atomic E-state index is 0.0271. The van der Waals surface area contributed by atoms with Crippen LogP contribution in [0.15, 0.2) is 23.8 Å². The van der Waals surface area contributed by atoms with Gasteiger partial charge in [0.1, 0.15) is 5.75 Å². The number of esters is 1. The van der Waals surface area contributed by atoms with Crippen LogP contribution >= 0.6 is 0 Å². The normalized spacial score (nSPS) is 29.8. The Balaban J connectivity index is 1.61. The van der Waals surface area contributed by atoms with Gasteiger partial charge in [-0.1, -0.05) is 11.6 Å². The number of phenolic OH excluding ortho intramolecular Hbond substituents is 1. The molecule has 0 saturated heterocycles. The highest BCUT2D eigenvalue weighted by molar-refractivity contribution is 5.98. The zero-order valence-electron chi connectivity index (χ0n) is 15.9. The van der Waals surface area contributed by atoms with Crippen molar-refractivity contribution < 1.29 is 28.6 Å². The number of hydrogen-bond donors (Lipinski definition) is 2. The molecule has 28 heavy (non-hydrogen) atoms. The van der Waals surface area contributed by atoms with E-state index in [9.17, 15) is 19.1 Å². The topological polar surface area (TPSA) is 84.9 Å². The van der Waals surface area contributed by atoms with Crippen molar-refractivity contribution >= 4 is 11.9 Å². The van der Waals surface area contributed by atoms with Gasteiger partial charge >= 0.3 is 5.97 Å². The van der Waals surface area contributed by atoms with Gasteiger partial charge in [0.15, 0.2) is 11.6 Å². The van der Waals surface area contributed by atoms with Crippen molar-refractivity contribution in [1.29, 1.82) is 0 Å². The standard InChI is InChI=1S/C21H24FNO5/c1-27-17-9-15(22)16(24)8-14(17)20(25)23-19-13-7-12(18(19)21(26)28-2)6-11(13)5-10-3-4-10/h5,8-10,12-13,18-19,24H,3-4,6-7H2,1-2H3,(H,23,25)/t12-,13-,18+,19-/m1/s1. The van der Waals surface area contributed by atoms with Crippen LogP contribution in [-0.2, 0) is 9.53 Å². The Morgan fingerprint density at radius 1 is 1.29 bits per heavy atom. The minimum Gasteiger partial charge on any atom is -0.505 e. The summed E-state index contributed by atoms with van der Waals surface area (Å²) in [4.78, 5) is 25.3. The lowest BCUT2D eigenvalue weighted by Gasteiger charge is -2.32. The molecule has 150 valence electrons. The van der Waals surface area contributed by atoms with E-state index in [4.69, 9.17) is 9.47 Å². The highest BCUT2D eigenvalue weighted by atomic mass is 19.1. The van der Waals surface area contributed by atoms with Crippen LogP contribution in [0, 0.1) is 29.5 Å². The fourth-order valence-corrected chi connectivity index (χ4v) is 4.75. The SMILES string of the molecule is COC(=O)[C@H]1[C@@H]2CC(=CC3CC3)[C@@H](C2)[C@H]1NC(=O)c1cc(O)c(F)cc1OC. The van der Waals surface area contributed by atoms with Gasteiger partial charge in [-0.05, 0) is 43.6 Å². The summed E-state index contributed by atoms with van der Waals surface area (Å²) in [5, 5.41) is 12.6. The molecule has 1 aromatic rings. The van der Waals surface area contributed by atoms with Crippen LogP contribution in [0.4, 0.5) is 4.39 Å². The molecule has 0 spiro atoms. The largest absolute Gasteiger partial charge is 0.505 e. The number of ether oxygens (including phenoxy) is 2. The number of carbonyl (C=O) groups is 2. The number of benzene rings is 1. The summed E-state index contributed by atoms with van der Waals surface area (Å²) >= 11 is 0. The second-order valence-electron chi connectivity index (χ2n) is 7.94. The number of rotatable bonds is 5. The van der Waals surface area contributed by atoms with E-state index in [-0.39, 0.29) is 35.2 Å². The van der Waals surface area contributed by atoms with E-state index in [0.29, 0.717) is 5.92 Å². The lowest BCUT2D eigenvalue weighted by atomic mass is 9.81. The maximum absolute atomic E-state index is 13.6. The molecular formula is C21H24FNO5. The highest BCUT2D eigenvalue weighted by Gasteiger charge is 2.54. The van der Waals surface area contributed by atoms with Crippen LogP contribution < -0.4 is 10.1 Å². The van der Waals surface area contributed by atoms with Gasteiger partial charge in [-0.2, -0.15) is 0 Å². The Bertz CT molecular complexity index is 847. The van der Waals surface area contributed by atoms with Crippen molar-refractivity contribution in [3.8, 4) is 11.5 Å². The fraction of sp³-hybridized carbons (Fsp3) is 0.524. The first kappa shape index (κ1) is 18.8. The molecule has 2 bridgehead atoms. The molecular weight excluding hydrogens is 365 g/mol. The molecule has 0 aliphatic heterocycles. The Morgan fingerprint density at radius 3 is 2.68 bits per heavy atom. The van der Waals surface area contributed by atoms with Crippen LogP contribution in [0.1, 0.15) is 36.0 Å². The summed E-state index contributed by atoms with van der Waals surface area (Å²) in [7, 11) is 2.68. The van der Waals surface area contributed by atoms with Gasteiger partial charge < -0.3 is 19.9 Å². The van der Waals surface area contributed by atoms with E-state index < -0.39 is 23.4 Å². The van der Waals surface area contributed by atoms with Crippen molar-refractivity contribution in [1.82, 2.24) is 5.32 Å². The number of allylic oxidation sites excluding steroid dienone is 1. The molecule has 3 saturated carbocycles. The number of phenols is 1. The quantitative estimate of drug-likeness (QED) is 0.598. The van der Waals surface area contributed by atoms with Gasteiger partial charge in [0.05, 0.1) is 25.7 Å². The zero-order valence-corrected chi connectivity index (χ0v) is 15.9. The van der Waals surface area contributed by atoms with Gasteiger partial charge in [0, 0.05) is 18.0 Å². The number of amides is 1. The third-order valence-electron chi connectivity index (χ3n) is 6.22. The van der Waals surface area contributed by atoms with E-state index >= 15 is 0 Å². The molecule has 3 aliphatic rings. The average molecular weight is 389 g/mol. The van der Waals surface area contributed by atoms with Crippen molar-refractivity contribution in [3.63, 3.8) is 0 Å². The molecule has 0 heterocycles. The summed E-state index contributed by atoms with van der Waals surface area (Å²) in [6.07, 6.45) is 6.42. The Hall–Kier alpha value is -2.57. The molecule has 0 unspecified atom stereocenters. The van der Waals surface area contributed by atoms with Gasteiger partial charge in [-0.15, -0.1) is 0 Å². The van der Waals surface area contributed by atoms with E-state index in [1.165, 1.54) is 32.6 Å². The molecule has 0 radical (unpaired) electrons. The summed E-state index contributed by atoms with van der Waals surface area (Å²) in [5.41, 5.74) is 1.34. The zero-order chi connectivity index (χ0) is 20.0. The van der Waals surface area contributed by atoms with Crippen molar-refractivity contribution in [2.45, 2.75) is 31.7 Å². The van der Waals surface area contributed by atoms with Crippen molar-refractivity contribution in [2.75, 3.05) is 14.2 Å². The van der Waals surface area contributed by atoms with E-state index in [0.717, 1.165) is 25.0 Å². The number of nitrogens with one attached hydrogen (secondary N) is 1. The summed E-state index contributed by atoms with van der Waals surface area (Å²) < 4.78 is 23.7. The van der Waals surface area contributed by atoms with E-state index in [1.54, 1.807) is 0 Å². The molecule has 3 fully saturated rings. The molecule has 7 heteroatoms. The molecule has 6 nitrogen and oxygen atoms in total. The first-order chi connectivity index (χ1) is 13.4. The van der Waals surface area contributed by atoms with Gasteiger partial charge in [-0.3, -0.25) is 9.59 Å². The van der Waals surface area contributed by atoms with Crippen LogP contribution in [0.3, 0.4) is 0 Å². The smallest absolute Gasteiger partial charge is 0.311 e. The predicted octanol–water partition coefficient (Wildman–Crippen LogP) is 2.80.